The summed E-state index contributed by atoms with van der Waals surface area (Å²) in [5.41, 5.74) is 0. The third-order valence-corrected chi connectivity index (χ3v) is 3.41. The van der Waals surface area contributed by atoms with Crippen LogP contribution in [0.1, 0.15) is 13.3 Å². The monoisotopic (exact) mass is 313 g/mol. The van der Waals surface area contributed by atoms with Crippen molar-refractivity contribution in [2.75, 3.05) is 36.4 Å². The van der Waals surface area contributed by atoms with Crippen LogP contribution in [0, 0.1) is 0 Å². The highest BCUT2D eigenvalue weighted by atomic mass is 79.9. The molecular weight excluding hydrogens is 298 g/mol. The van der Waals surface area contributed by atoms with Crippen LogP contribution in [0.4, 0.5) is 11.6 Å². The quantitative estimate of drug-likeness (QED) is 0.871. The van der Waals surface area contributed by atoms with Crippen LogP contribution in [-0.4, -0.2) is 42.1 Å². The minimum Gasteiger partial charge on any atom is -0.369 e. The van der Waals surface area contributed by atoms with Gasteiger partial charge < -0.3 is 15.5 Å². The van der Waals surface area contributed by atoms with Gasteiger partial charge in [-0.1, -0.05) is 0 Å². The van der Waals surface area contributed by atoms with Crippen molar-refractivity contribution < 1.29 is 4.79 Å². The van der Waals surface area contributed by atoms with Crippen molar-refractivity contribution >= 4 is 33.5 Å². The Labute approximate surface area is 114 Å². The second-order valence-corrected chi connectivity index (χ2v) is 4.81. The molecule has 1 aliphatic heterocycles. The number of aromatic nitrogens is 2. The van der Waals surface area contributed by atoms with Crippen LogP contribution >= 0.6 is 15.9 Å². The van der Waals surface area contributed by atoms with Gasteiger partial charge in [0.1, 0.15) is 22.4 Å². The molecule has 0 saturated carbocycles. The lowest BCUT2D eigenvalue weighted by Gasteiger charge is -2.22. The lowest BCUT2D eigenvalue weighted by atomic mass is 10.3. The fraction of sp³-hybridized carbons (Fsp3) is 0.545. The first kappa shape index (κ1) is 13.1. The minimum absolute atomic E-state index is 0.0306. The zero-order chi connectivity index (χ0) is 13.0. The highest BCUT2D eigenvalue weighted by Crippen LogP contribution is 2.29. The molecule has 1 aromatic rings. The van der Waals surface area contributed by atoms with Gasteiger partial charge >= 0.3 is 0 Å². The molecule has 18 heavy (non-hydrogen) atoms. The molecule has 0 bridgehead atoms. The number of hydrogen-bond acceptors (Lipinski definition) is 5. The van der Waals surface area contributed by atoms with Gasteiger partial charge in [0.2, 0.25) is 5.91 Å². The van der Waals surface area contributed by atoms with E-state index in [0.29, 0.717) is 6.54 Å². The van der Waals surface area contributed by atoms with Gasteiger partial charge in [-0.25, -0.2) is 9.97 Å². The second-order valence-electron chi connectivity index (χ2n) is 4.02. The maximum absolute atomic E-state index is 11.6. The van der Waals surface area contributed by atoms with E-state index >= 15 is 0 Å². The van der Waals surface area contributed by atoms with Gasteiger partial charge in [-0.2, -0.15) is 0 Å². The SMILES string of the molecule is CCNc1ncnc(N2CCCNC(=O)C2)c1Br. The molecule has 1 fully saturated rings. The van der Waals surface area contributed by atoms with Crippen molar-refractivity contribution in [3.05, 3.63) is 10.8 Å². The Bertz CT molecular complexity index is 439. The van der Waals surface area contributed by atoms with Gasteiger partial charge in [0.05, 0.1) is 6.54 Å². The van der Waals surface area contributed by atoms with Gasteiger partial charge in [0.15, 0.2) is 0 Å². The zero-order valence-corrected chi connectivity index (χ0v) is 11.8. The van der Waals surface area contributed by atoms with Crippen LogP contribution in [0.15, 0.2) is 10.8 Å². The summed E-state index contributed by atoms with van der Waals surface area (Å²) in [6, 6.07) is 0. The summed E-state index contributed by atoms with van der Waals surface area (Å²) in [5, 5.41) is 6.01. The third-order valence-electron chi connectivity index (χ3n) is 2.68. The number of carbonyl (C=O) groups excluding carboxylic acids is 1. The Kier molecular flexibility index (Phi) is 4.35. The first-order valence-electron chi connectivity index (χ1n) is 5.98. The maximum atomic E-state index is 11.6. The van der Waals surface area contributed by atoms with E-state index in [1.165, 1.54) is 6.33 Å². The third kappa shape index (κ3) is 2.90. The molecule has 0 aromatic carbocycles. The molecule has 0 atom stereocenters. The molecule has 98 valence electrons. The van der Waals surface area contributed by atoms with E-state index in [2.05, 4.69) is 36.5 Å². The normalized spacial score (nSPS) is 16.1. The molecule has 7 heteroatoms. The molecule has 1 saturated heterocycles. The van der Waals surface area contributed by atoms with Gasteiger partial charge in [-0.15, -0.1) is 0 Å². The summed E-state index contributed by atoms with van der Waals surface area (Å²) in [7, 11) is 0. The zero-order valence-electron chi connectivity index (χ0n) is 10.2. The number of nitrogens with zero attached hydrogens (tertiary/aromatic N) is 3. The number of rotatable bonds is 3. The first-order valence-corrected chi connectivity index (χ1v) is 6.77. The van der Waals surface area contributed by atoms with Crippen LogP contribution in [-0.2, 0) is 4.79 Å². The number of anilines is 2. The highest BCUT2D eigenvalue weighted by Gasteiger charge is 2.19. The van der Waals surface area contributed by atoms with Gasteiger partial charge in [0.25, 0.3) is 0 Å². The molecule has 1 aromatic heterocycles. The van der Waals surface area contributed by atoms with E-state index in [0.717, 1.165) is 42.2 Å². The number of halogens is 1. The Morgan fingerprint density at radius 2 is 2.39 bits per heavy atom. The van der Waals surface area contributed by atoms with Crippen molar-refractivity contribution in [3.8, 4) is 0 Å². The van der Waals surface area contributed by atoms with E-state index in [4.69, 9.17) is 0 Å². The van der Waals surface area contributed by atoms with Gasteiger partial charge in [-0.05, 0) is 29.3 Å². The lowest BCUT2D eigenvalue weighted by Crippen LogP contribution is -2.33. The lowest BCUT2D eigenvalue weighted by molar-refractivity contribution is -0.119. The molecule has 0 spiro atoms. The van der Waals surface area contributed by atoms with Crippen molar-refractivity contribution in [3.63, 3.8) is 0 Å². The Balaban J connectivity index is 2.26. The van der Waals surface area contributed by atoms with Crippen LogP contribution in [0.5, 0.6) is 0 Å². The van der Waals surface area contributed by atoms with E-state index < -0.39 is 0 Å². The predicted octanol–water partition coefficient (Wildman–Crippen LogP) is 0.997. The topological polar surface area (TPSA) is 70.2 Å². The molecule has 2 rings (SSSR count). The Hall–Kier alpha value is -1.37. The maximum Gasteiger partial charge on any atom is 0.239 e. The summed E-state index contributed by atoms with van der Waals surface area (Å²) in [6.45, 7) is 4.66. The summed E-state index contributed by atoms with van der Waals surface area (Å²) in [4.78, 5) is 22.0. The average molecular weight is 314 g/mol. The van der Waals surface area contributed by atoms with Crippen LogP contribution in [0.25, 0.3) is 0 Å². The van der Waals surface area contributed by atoms with Crippen LogP contribution in [0.2, 0.25) is 0 Å². The number of carbonyl (C=O) groups is 1. The smallest absolute Gasteiger partial charge is 0.239 e. The molecule has 0 unspecified atom stereocenters. The standard InChI is InChI=1S/C11H16BrN5O/c1-2-13-10-9(12)11(16-7-15-10)17-5-3-4-14-8(18)6-17/h7H,2-6H2,1H3,(H,14,18)(H,13,15,16). The minimum atomic E-state index is 0.0306. The second kappa shape index (κ2) is 5.99. The van der Waals surface area contributed by atoms with Crippen molar-refractivity contribution in [1.82, 2.24) is 15.3 Å². The number of amides is 1. The van der Waals surface area contributed by atoms with Crippen LogP contribution < -0.4 is 15.5 Å². The predicted molar refractivity (Wildman–Crippen MR) is 73.7 cm³/mol. The van der Waals surface area contributed by atoms with Gasteiger partial charge in [-0.3, -0.25) is 4.79 Å². The summed E-state index contributed by atoms with van der Waals surface area (Å²) in [6.07, 6.45) is 2.43. The van der Waals surface area contributed by atoms with E-state index in [9.17, 15) is 4.79 Å². The highest BCUT2D eigenvalue weighted by molar-refractivity contribution is 9.10. The average Bonchev–Trinajstić information content (AvgIpc) is 2.57. The number of hydrogen-bond donors (Lipinski definition) is 2. The Morgan fingerprint density at radius 1 is 1.56 bits per heavy atom. The molecular formula is C11H16BrN5O. The molecule has 0 radical (unpaired) electrons. The van der Waals surface area contributed by atoms with E-state index in [1.807, 2.05) is 11.8 Å². The van der Waals surface area contributed by atoms with Gasteiger partial charge in [0, 0.05) is 19.6 Å². The van der Waals surface area contributed by atoms with E-state index in [1.54, 1.807) is 0 Å². The summed E-state index contributed by atoms with van der Waals surface area (Å²) in [5.74, 6) is 1.55. The molecule has 2 N–H and O–H groups in total. The van der Waals surface area contributed by atoms with Crippen molar-refractivity contribution in [2.45, 2.75) is 13.3 Å². The first-order chi connectivity index (χ1) is 8.72. The molecule has 1 aliphatic rings. The fourth-order valence-corrected chi connectivity index (χ4v) is 2.45. The van der Waals surface area contributed by atoms with Crippen molar-refractivity contribution in [1.29, 1.82) is 0 Å². The largest absolute Gasteiger partial charge is 0.369 e. The summed E-state index contributed by atoms with van der Waals surface area (Å²) >= 11 is 3.50. The number of nitrogens with one attached hydrogen (secondary N) is 2. The van der Waals surface area contributed by atoms with E-state index in [-0.39, 0.29) is 5.91 Å². The fourth-order valence-electron chi connectivity index (χ4n) is 1.86. The van der Waals surface area contributed by atoms with Crippen molar-refractivity contribution in [2.24, 2.45) is 0 Å². The Morgan fingerprint density at radius 3 is 3.17 bits per heavy atom. The molecule has 6 nitrogen and oxygen atoms in total. The molecule has 1 amide bonds. The summed E-state index contributed by atoms with van der Waals surface area (Å²) < 4.78 is 0.807. The molecule has 2 heterocycles. The van der Waals surface area contributed by atoms with Crippen LogP contribution in [0.3, 0.4) is 0 Å². The molecule has 0 aliphatic carbocycles.